The fourth-order valence-corrected chi connectivity index (χ4v) is 3.07. The van der Waals surface area contributed by atoms with Crippen LogP contribution in [-0.2, 0) is 0 Å². The predicted octanol–water partition coefficient (Wildman–Crippen LogP) is 3.43. The highest BCUT2D eigenvalue weighted by atomic mass is 35.5. The Morgan fingerprint density at radius 2 is 1.96 bits per heavy atom. The van der Waals surface area contributed by atoms with Gasteiger partial charge in [-0.15, -0.1) is 0 Å². The molecule has 1 N–H and O–H groups in total. The number of aromatic nitrogens is 3. The first-order valence-electron chi connectivity index (χ1n) is 8.05. The van der Waals surface area contributed by atoms with E-state index >= 15 is 0 Å². The first kappa shape index (κ1) is 17.1. The Bertz CT molecular complexity index is 1240. The van der Waals surface area contributed by atoms with Gasteiger partial charge in [-0.3, -0.25) is 4.79 Å². The van der Waals surface area contributed by atoms with Gasteiger partial charge in [-0.2, -0.15) is 9.78 Å². The average molecular weight is 383 g/mol. The molecule has 0 fully saturated rings. The number of hydrogen-bond donors (Lipinski definition) is 1. The standard InChI is InChI=1S/C19H15ClN4O3/c1-26-15-7-13-14(8-16(15)27-2)23-18-17(13)21-10-24(19(18)25)22-9-11-4-3-5-12(20)6-11/h3-10,23H,1-2H3/b22-9+. The monoisotopic (exact) mass is 382 g/mol. The molecule has 0 amide bonds. The molecule has 4 aromatic rings. The second-order valence-corrected chi connectivity index (χ2v) is 6.23. The fourth-order valence-electron chi connectivity index (χ4n) is 2.87. The summed E-state index contributed by atoms with van der Waals surface area (Å²) in [6, 6.07) is 10.7. The van der Waals surface area contributed by atoms with Crippen molar-refractivity contribution in [3.63, 3.8) is 0 Å². The lowest BCUT2D eigenvalue weighted by Gasteiger charge is -2.06. The van der Waals surface area contributed by atoms with E-state index in [4.69, 9.17) is 21.1 Å². The largest absolute Gasteiger partial charge is 0.493 e. The highest BCUT2D eigenvalue weighted by Crippen LogP contribution is 2.34. The van der Waals surface area contributed by atoms with Crippen LogP contribution in [0.5, 0.6) is 11.5 Å². The Balaban J connectivity index is 1.84. The van der Waals surface area contributed by atoms with Crippen molar-refractivity contribution in [2.24, 2.45) is 5.10 Å². The van der Waals surface area contributed by atoms with Crippen molar-refractivity contribution in [3.05, 3.63) is 63.7 Å². The van der Waals surface area contributed by atoms with Crippen LogP contribution in [-0.4, -0.2) is 35.1 Å². The van der Waals surface area contributed by atoms with Gasteiger partial charge in [0, 0.05) is 16.5 Å². The Hall–Kier alpha value is -3.32. The van der Waals surface area contributed by atoms with E-state index in [1.807, 2.05) is 12.1 Å². The van der Waals surface area contributed by atoms with E-state index in [0.29, 0.717) is 27.6 Å². The van der Waals surface area contributed by atoms with Gasteiger partial charge in [0.05, 0.1) is 26.0 Å². The number of fused-ring (bicyclic) bond motifs is 3. The zero-order valence-electron chi connectivity index (χ0n) is 14.6. The SMILES string of the molecule is COc1cc2[nH]c3c(=O)n(/N=C/c4cccc(Cl)c4)cnc3c2cc1OC. The minimum Gasteiger partial charge on any atom is -0.493 e. The lowest BCUT2D eigenvalue weighted by Crippen LogP contribution is -2.17. The van der Waals surface area contributed by atoms with Gasteiger partial charge in [0.25, 0.3) is 5.56 Å². The van der Waals surface area contributed by atoms with E-state index in [2.05, 4.69) is 15.1 Å². The molecule has 0 aliphatic heterocycles. The maximum absolute atomic E-state index is 12.8. The first-order chi connectivity index (χ1) is 13.1. The molecule has 0 saturated heterocycles. The van der Waals surface area contributed by atoms with Crippen LogP contribution >= 0.6 is 11.6 Å². The Morgan fingerprint density at radius 3 is 2.70 bits per heavy atom. The van der Waals surface area contributed by atoms with Crippen LogP contribution in [0.1, 0.15) is 5.56 Å². The number of halogens is 1. The number of nitrogens with one attached hydrogen (secondary N) is 1. The minimum atomic E-state index is -0.313. The van der Waals surface area contributed by atoms with Gasteiger partial charge >= 0.3 is 0 Å². The highest BCUT2D eigenvalue weighted by molar-refractivity contribution is 6.30. The molecule has 2 aromatic heterocycles. The Kier molecular flexibility index (Phi) is 4.29. The van der Waals surface area contributed by atoms with Gasteiger partial charge in [0.15, 0.2) is 11.5 Å². The predicted molar refractivity (Wildman–Crippen MR) is 105 cm³/mol. The number of hydrogen-bond acceptors (Lipinski definition) is 5. The number of rotatable bonds is 4. The van der Waals surface area contributed by atoms with Crippen LogP contribution in [0, 0.1) is 0 Å². The molecule has 4 rings (SSSR count). The maximum Gasteiger partial charge on any atom is 0.298 e. The average Bonchev–Trinajstić information content (AvgIpc) is 3.04. The summed E-state index contributed by atoms with van der Waals surface area (Å²) in [5, 5.41) is 5.56. The van der Waals surface area contributed by atoms with E-state index < -0.39 is 0 Å². The van der Waals surface area contributed by atoms with Crippen LogP contribution < -0.4 is 15.0 Å². The van der Waals surface area contributed by atoms with E-state index in [-0.39, 0.29) is 5.56 Å². The van der Waals surface area contributed by atoms with Crippen molar-refractivity contribution < 1.29 is 9.47 Å². The van der Waals surface area contributed by atoms with Crippen molar-refractivity contribution >= 4 is 39.8 Å². The summed E-state index contributed by atoms with van der Waals surface area (Å²) < 4.78 is 11.8. The zero-order valence-corrected chi connectivity index (χ0v) is 15.3. The molecule has 0 spiro atoms. The number of aromatic amines is 1. The summed E-state index contributed by atoms with van der Waals surface area (Å²) in [6.07, 6.45) is 2.94. The molecule has 0 bridgehead atoms. The number of nitrogens with zero attached hydrogens (tertiary/aromatic N) is 3. The third-order valence-electron chi connectivity index (χ3n) is 4.17. The van der Waals surface area contributed by atoms with Crippen LogP contribution in [0.3, 0.4) is 0 Å². The summed E-state index contributed by atoms with van der Waals surface area (Å²) in [7, 11) is 3.12. The van der Waals surface area contributed by atoms with Crippen molar-refractivity contribution in [2.75, 3.05) is 14.2 Å². The van der Waals surface area contributed by atoms with Crippen molar-refractivity contribution in [2.45, 2.75) is 0 Å². The molecule has 0 unspecified atom stereocenters. The van der Waals surface area contributed by atoms with Gasteiger partial charge in [-0.1, -0.05) is 23.7 Å². The topological polar surface area (TPSA) is 81.5 Å². The normalized spacial score (nSPS) is 11.5. The van der Waals surface area contributed by atoms with Crippen LogP contribution in [0.2, 0.25) is 5.02 Å². The number of benzene rings is 2. The van der Waals surface area contributed by atoms with E-state index in [9.17, 15) is 4.79 Å². The molecular weight excluding hydrogens is 368 g/mol. The number of ether oxygens (including phenoxy) is 2. The summed E-state index contributed by atoms with van der Waals surface area (Å²) in [4.78, 5) is 20.3. The van der Waals surface area contributed by atoms with Gasteiger partial charge in [-0.05, 0) is 23.8 Å². The van der Waals surface area contributed by atoms with Gasteiger partial charge in [-0.25, -0.2) is 4.98 Å². The summed E-state index contributed by atoms with van der Waals surface area (Å²) in [6.45, 7) is 0. The van der Waals surface area contributed by atoms with Crippen molar-refractivity contribution in [1.82, 2.24) is 14.6 Å². The van der Waals surface area contributed by atoms with Crippen LogP contribution in [0.25, 0.3) is 21.9 Å². The second-order valence-electron chi connectivity index (χ2n) is 5.80. The van der Waals surface area contributed by atoms with Gasteiger partial charge in [0.2, 0.25) is 0 Å². The highest BCUT2D eigenvalue weighted by Gasteiger charge is 2.14. The van der Waals surface area contributed by atoms with E-state index in [1.165, 1.54) is 11.0 Å². The summed E-state index contributed by atoms with van der Waals surface area (Å²) in [5.41, 5.74) is 2.09. The number of methoxy groups -OCH3 is 2. The molecule has 0 radical (unpaired) electrons. The molecule has 27 heavy (non-hydrogen) atoms. The molecule has 136 valence electrons. The van der Waals surface area contributed by atoms with E-state index in [0.717, 1.165) is 16.5 Å². The molecule has 0 aliphatic rings. The minimum absolute atomic E-state index is 0.313. The van der Waals surface area contributed by atoms with Crippen molar-refractivity contribution in [1.29, 1.82) is 0 Å². The molecule has 0 saturated carbocycles. The van der Waals surface area contributed by atoms with Crippen molar-refractivity contribution in [3.8, 4) is 11.5 Å². The summed E-state index contributed by atoms with van der Waals surface area (Å²) in [5.74, 6) is 1.13. The quantitative estimate of drug-likeness (QED) is 0.548. The molecule has 0 atom stereocenters. The summed E-state index contributed by atoms with van der Waals surface area (Å²) >= 11 is 5.96. The van der Waals surface area contributed by atoms with Crippen LogP contribution in [0.15, 0.2) is 52.6 Å². The van der Waals surface area contributed by atoms with Gasteiger partial charge < -0.3 is 14.5 Å². The fraction of sp³-hybridized carbons (Fsp3) is 0.105. The van der Waals surface area contributed by atoms with E-state index in [1.54, 1.807) is 44.7 Å². The zero-order chi connectivity index (χ0) is 19.0. The van der Waals surface area contributed by atoms with Gasteiger partial charge in [0.1, 0.15) is 17.4 Å². The molecule has 2 aromatic carbocycles. The number of H-pyrrole nitrogens is 1. The Labute approximate surface area is 158 Å². The maximum atomic E-state index is 12.8. The first-order valence-corrected chi connectivity index (χ1v) is 8.43. The lowest BCUT2D eigenvalue weighted by atomic mass is 10.2. The lowest BCUT2D eigenvalue weighted by molar-refractivity contribution is 0.356. The smallest absolute Gasteiger partial charge is 0.298 e. The van der Waals surface area contributed by atoms with Crippen LogP contribution in [0.4, 0.5) is 0 Å². The molecule has 7 nitrogen and oxygen atoms in total. The molecular formula is C19H15ClN4O3. The molecule has 8 heteroatoms. The third kappa shape index (κ3) is 3.02. The Morgan fingerprint density at radius 1 is 1.19 bits per heavy atom. The second kappa shape index (κ2) is 6.77. The molecule has 0 aliphatic carbocycles. The molecule has 2 heterocycles. The third-order valence-corrected chi connectivity index (χ3v) is 4.41.